The number of aromatic nitrogens is 2. The van der Waals surface area contributed by atoms with Crippen molar-refractivity contribution in [3.05, 3.63) is 22.7 Å². The van der Waals surface area contributed by atoms with Gasteiger partial charge in [0.1, 0.15) is 6.07 Å². The van der Waals surface area contributed by atoms with Gasteiger partial charge in [0.05, 0.1) is 5.57 Å². The Bertz CT molecular complexity index is 590. The molecule has 1 aliphatic heterocycles. The van der Waals surface area contributed by atoms with Crippen molar-refractivity contribution in [2.75, 3.05) is 0 Å². The van der Waals surface area contributed by atoms with E-state index >= 15 is 0 Å². The zero-order valence-corrected chi connectivity index (χ0v) is 12.5. The molecule has 1 atom stereocenters. The second kappa shape index (κ2) is 5.80. The molecular formula is C16H22N4O. The molecule has 21 heavy (non-hydrogen) atoms. The summed E-state index contributed by atoms with van der Waals surface area (Å²) in [6.07, 6.45) is 8.02. The summed E-state index contributed by atoms with van der Waals surface area (Å²) in [5, 5.41) is 16.9. The van der Waals surface area contributed by atoms with E-state index < -0.39 is 0 Å². The van der Waals surface area contributed by atoms with Gasteiger partial charge < -0.3 is 10.5 Å². The Morgan fingerprint density at radius 2 is 2.14 bits per heavy atom. The maximum atomic E-state index is 9.55. The van der Waals surface area contributed by atoms with Crippen molar-refractivity contribution in [3.63, 3.8) is 0 Å². The van der Waals surface area contributed by atoms with Crippen LogP contribution in [-0.2, 0) is 6.42 Å². The summed E-state index contributed by atoms with van der Waals surface area (Å²) in [5.74, 6) is 1.34. The maximum Gasteiger partial charge on any atom is 0.243 e. The average Bonchev–Trinajstić information content (AvgIpc) is 2.89. The minimum atomic E-state index is 0.0550. The smallest absolute Gasteiger partial charge is 0.243 e. The third-order valence-electron chi connectivity index (χ3n) is 4.68. The predicted molar refractivity (Wildman–Crippen MR) is 79.4 cm³/mol. The molecule has 2 aliphatic rings. The highest BCUT2D eigenvalue weighted by atomic mass is 16.5. The monoisotopic (exact) mass is 286 g/mol. The zero-order valence-electron chi connectivity index (χ0n) is 12.5. The van der Waals surface area contributed by atoms with Crippen LogP contribution in [0.1, 0.15) is 62.6 Å². The van der Waals surface area contributed by atoms with Crippen molar-refractivity contribution in [1.29, 1.82) is 5.26 Å². The third kappa shape index (κ3) is 2.39. The number of nitrogens with zero attached hydrogens (tertiary/aromatic N) is 2. The van der Waals surface area contributed by atoms with Gasteiger partial charge in [-0.15, -0.1) is 5.10 Å². The number of fused-ring (bicyclic) bond motifs is 1. The van der Waals surface area contributed by atoms with Gasteiger partial charge in [0, 0.05) is 17.2 Å². The van der Waals surface area contributed by atoms with Gasteiger partial charge >= 0.3 is 0 Å². The Kier molecular flexibility index (Phi) is 3.87. The number of hydrogen-bond acceptors (Lipinski definition) is 4. The topological polar surface area (TPSA) is 87.7 Å². The van der Waals surface area contributed by atoms with Crippen molar-refractivity contribution in [2.45, 2.75) is 57.8 Å². The number of aryl methyl sites for hydroxylation is 1. The largest absolute Gasteiger partial charge is 0.420 e. The highest BCUT2D eigenvalue weighted by Crippen LogP contribution is 2.47. The van der Waals surface area contributed by atoms with Crippen LogP contribution in [0, 0.1) is 17.2 Å². The van der Waals surface area contributed by atoms with Crippen LogP contribution in [0.25, 0.3) is 0 Å². The van der Waals surface area contributed by atoms with E-state index in [1.54, 1.807) is 0 Å². The molecule has 0 saturated heterocycles. The van der Waals surface area contributed by atoms with Crippen molar-refractivity contribution >= 4 is 0 Å². The van der Waals surface area contributed by atoms with Gasteiger partial charge in [-0.25, -0.2) is 0 Å². The summed E-state index contributed by atoms with van der Waals surface area (Å²) in [5.41, 5.74) is 8.74. The van der Waals surface area contributed by atoms with Crippen molar-refractivity contribution in [1.82, 2.24) is 10.2 Å². The zero-order chi connectivity index (χ0) is 14.8. The van der Waals surface area contributed by atoms with E-state index in [0.29, 0.717) is 17.4 Å². The molecule has 1 aromatic rings. The molecule has 5 nitrogen and oxygen atoms in total. The molecular weight excluding hydrogens is 264 g/mol. The minimum absolute atomic E-state index is 0.0550. The van der Waals surface area contributed by atoms with E-state index in [2.05, 4.69) is 23.2 Å². The van der Waals surface area contributed by atoms with Crippen LogP contribution < -0.4 is 10.5 Å². The predicted octanol–water partition coefficient (Wildman–Crippen LogP) is 3.11. The molecule has 0 radical (unpaired) electrons. The SMILES string of the molecule is CCCc1[nH]nc2c1[C@H](C1CCCCC1)C(C#N)=C(N)O2. The van der Waals surface area contributed by atoms with Gasteiger partial charge in [0.15, 0.2) is 0 Å². The number of rotatable bonds is 3. The molecule has 0 bridgehead atoms. The van der Waals surface area contributed by atoms with Crippen LogP contribution in [0.15, 0.2) is 11.5 Å². The van der Waals surface area contributed by atoms with Gasteiger partial charge in [0.2, 0.25) is 11.8 Å². The van der Waals surface area contributed by atoms with E-state index in [1.807, 2.05) is 0 Å². The number of nitrogens with one attached hydrogen (secondary N) is 1. The van der Waals surface area contributed by atoms with Gasteiger partial charge in [-0.1, -0.05) is 32.6 Å². The van der Waals surface area contributed by atoms with E-state index in [1.165, 1.54) is 19.3 Å². The minimum Gasteiger partial charge on any atom is -0.420 e. The summed E-state index contributed by atoms with van der Waals surface area (Å²) in [4.78, 5) is 0. The van der Waals surface area contributed by atoms with Gasteiger partial charge in [-0.3, -0.25) is 5.10 Å². The van der Waals surface area contributed by atoms with Gasteiger partial charge in [0.25, 0.3) is 0 Å². The van der Waals surface area contributed by atoms with Crippen LogP contribution in [-0.4, -0.2) is 10.2 Å². The highest BCUT2D eigenvalue weighted by Gasteiger charge is 2.38. The van der Waals surface area contributed by atoms with Crippen molar-refractivity contribution < 1.29 is 4.74 Å². The third-order valence-corrected chi connectivity index (χ3v) is 4.68. The normalized spacial score (nSPS) is 22.6. The molecule has 5 heteroatoms. The molecule has 0 unspecified atom stereocenters. The molecule has 3 rings (SSSR count). The van der Waals surface area contributed by atoms with Crippen LogP contribution in [0.3, 0.4) is 0 Å². The maximum absolute atomic E-state index is 9.55. The first-order chi connectivity index (χ1) is 10.3. The second-order valence-corrected chi connectivity index (χ2v) is 6.04. The fourth-order valence-electron chi connectivity index (χ4n) is 3.73. The number of nitrogens with two attached hydrogens (primary N) is 1. The van der Waals surface area contributed by atoms with E-state index in [0.717, 1.165) is 36.9 Å². The van der Waals surface area contributed by atoms with Crippen LogP contribution in [0.5, 0.6) is 5.88 Å². The second-order valence-electron chi connectivity index (χ2n) is 6.04. The Morgan fingerprint density at radius 3 is 2.81 bits per heavy atom. The molecule has 3 N–H and O–H groups in total. The molecule has 112 valence electrons. The summed E-state index contributed by atoms with van der Waals surface area (Å²) < 4.78 is 5.58. The molecule has 2 heterocycles. The molecule has 0 amide bonds. The average molecular weight is 286 g/mol. The van der Waals surface area contributed by atoms with E-state index in [-0.39, 0.29) is 11.8 Å². The standard InChI is InChI=1S/C16H22N4O/c1-2-6-12-14-13(10-7-4-3-5-8-10)11(9-17)15(18)21-16(14)20-19-12/h10,13H,2-8,18H2,1H3,(H,19,20)/t13-/m1/s1. The van der Waals surface area contributed by atoms with Crippen molar-refractivity contribution in [3.8, 4) is 11.9 Å². The molecule has 1 aromatic heterocycles. The number of aromatic amines is 1. The number of ether oxygens (including phenoxy) is 1. The Morgan fingerprint density at radius 1 is 1.38 bits per heavy atom. The number of H-pyrrole nitrogens is 1. The van der Waals surface area contributed by atoms with Gasteiger partial charge in [-0.05, 0) is 25.2 Å². The number of nitriles is 1. The fraction of sp³-hybridized carbons (Fsp3) is 0.625. The first-order valence-electron chi connectivity index (χ1n) is 7.91. The first-order valence-corrected chi connectivity index (χ1v) is 7.91. The molecule has 0 aromatic carbocycles. The number of allylic oxidation sites excluding steroid dienone is 1. The first kappa shape index (κ1) is 14.0. The quantitative estimate of drug-likeness (QED) is 0.893. The summed E-state index contributed by atoms with van der Waals surface area (Å²) in [6.45, 7) is 2.14. The Labute approximate surface area is 125 Å². The molecule has 1 saturated carbocycles. The number of hydrogen-bond donors (Lipinski definition) is 2. The molecule has 0 spiro atoms. The lowest BCUT2D eigenvalue weighted by atomic mass is 9.72. The lowest BCUT2D eigenvalue weighted by Crippen LogP contribution is -2.26. The van der Waals surface area contributed by atoms with Crippen molar-refractivity contribution in [2.24, 2.45) is 11.7 Å². The lowest BCUT2D eigenvalue weighted by Gasteiger charge is -2.33. The van der Waals surface area contributed by atoms with Crippen LogP contribution >= 0.6 is 0 Å². The highest BCUT2D eigenvalue weighted by molar-refractivity contribution is 5.49. The van der Waals surface area contributed by atoms with Gasteiger partial charge in [-0.2, -0.15) is 5.26 Å². The van der Waals surface area contributed by atoms with Crippen LogP contribution in [0.4, 0.5) is 0 Å². The Hall–Kier alpha value is -1.96. The summed E-state index contributed by atoms with van der Waals surface area (Å²) >= 11 is 0. The summed E-state index contributed by atoms with van der Waals surface area (Å²) in [7, 11) is 0. The van der Waals surface area contributed by atoms with E-state index in [4.69, 9.17) is 10.5 Å². The molecule has 1 aliphatic carbocycles. The summed E-state index contributed by atoms with van der Waals surface area (Å²) in [6, 6.07) is 2.29. The lowest BCUT2D eigenvalue weighted by molar-refractivity contribution is 0.296. The Balaban J connectivity index is 2.05. The van der Waals surface area contributed by atoms with E-state index in [9.17, 15) is 5.26 Å². The van der Waals surface area contributed by atoms with Crippen LogP contribution in [0.2, 0.25) is 0 Å². The fourth-order valence-corrected chi connectivity index (χ4v) is 3.73. The molecule has 1 fully saturated rings.